The summed E-state index contributed by atoms with van der Waals surface area (Å²) < 4.78 is 14.1. The molecule has 1 saturated carbocycles. The highest BCUT2D eigenvalue weighted by Crippen LogP contribution is 2.25. The number of benzene rings is 1. The predicted molar refractivity (Wildman–Crippen MR) is 105 cm³/mol. The van der Waals surface area contributed by atoms with Crippen LogP contribution in [-0.4, -0.2) is 46.5 Å². The zero-order valence-electron chi connectivity index (χ0n) is 15.3. The second-order valence-electron chi connectivity index (χ2n) is 7.26. The lowest BCUT2D eigenvalue weighted by Crippen LogP contribution is -2.49. The quantitative estimate of drug-likeness (QED) is 0.797. The first-order valence-electron chi connectivity index (χ1n) is 9.71. The van der Waals surface area contributed by atoms with E-state index in [9.17, 15) is 9.18 Å². The molecule has 1 aliphatic carbocycles. The first kappa shape index (κ1) is 19.1. The summed E-state index contributed by atoms with van der Waals surface area (Å²) in [5.41, 5.74) is 0.646. The van der Waals surface area contributed by atoms with Crippen LogP contribution in [0, 0.1) is 5.82 Å². The average molecular weight is 378 g/mol. The molecule has 1 amide bonds. The molecule has 0 bridgehead atoms. The molecule has 0 radical (unpaired) electrons. The summed E-state index contributed by atoms with van der Waals surface area (Å²) in [4.78, 5) is 16.3. The van der Waals surface area contributed by atoms with Gasteiger partial charge in [0.15, 0.2) is 5.11 Å². The third kappa shape index (κ3) is 4.93. The molecule has 6 heteroatoms. The highest BCUT2D eigenvalue weighted by atomic mass is 32.1. The highest BCUT2D eigenvalue weighted by molar-refractivity contribution is 7.80. The van der Waals surface area contributed by atoms with Gasteiger partial charge < -0.3 is 15.1 Å². The van der Waals surface area contributed by atoms with Gasteiger partial charge in [-0.2, -0.15) is 0 Å². The van der Waals surface area contributed by atoms with Crippen LogP contribution in [0.4, 0.5) is 4.39 Å². The topological polar surface area (TPSA) is 35.6 Å². The first-order valence-corrected chi connectivity index (χ1v) is 10.1. The molecule has 1 aliphatic heterocycles. The van der Waals surface area contributed by atoms with Crippen LogP contribution < -0.4 is 5.32 Å². The largest absolute Gasteiger partial charge is 0.353 e. The van der Waals surface area contributed by atoms with Gasteiger partial charge in [-0.15, -0.1) is 0 Å². The third-order valence-corrected chi connectivity index (χ3v) is 5.80. The van der Waals surface area contributed by atoms with Crippen LogP contribution in [0.15, 0.2) is 24.3 Å². The van der Waals surface area contributed by atoms with Gasteiger partial charge in [-0.05, 0) is 44.0 Å². The fraction of sp³-hybridized carbons (Fsp3) is 0.600. The number of carbonyl (C=O) groups is 1. The minimum atomic E-state index is -0.204. The first-order chi connectivity index (χ1) is 12.6. The van der Waals surface area contributed by atoms with Crippen LogP contribution >= 0.6 is 12.2 Å². The van der Waals surface area contributed by atoms with E-state index in [2.05, 4.69) is 10.2 Å². The summed E-state index contributed by atoms with van der Waals surface area (Å²) in [6.45, 7) is 2.35. The number of rotatable bonds is 5. The number of likely N-dealkylation sites (tertiary alicyclic amines) is 1. The van der Waals surface area contributed by atoms with Crippen LogP contribution in [-0.2, 0) is 11.3 Å². The molecular formula is C20H28FN3OS. The number of nitrogens with zero attached hydrogens (tertiary/aromatic N) is 2. The molecule has 2 fully saturated rings. The molecule has 0 unspecified atom stereocenters. The molecule has 26 heavy (non-hydrogen) atoms. The Morgan fingerprint density at radius 1 is 1.15 bits per heavy atom. The lowest BCUT2D eigenvalue weighted by molar-refractivity contribution is -0.128. The molecule has 1 aromatic carbocycles. The van der Waals surface area contributed by atoms with Crippen molar-refractivity contribution in [1.29, 1.82) is 0 Å². The molecule has 0 spiro atoms. The Morgan fingerprint density at radius 2 is 1.85 bits per heavy atom. The van der Waals surface area contributed by atoms with Crippen molar-refractivity contribution in [2.24, 2.45) is 0 Å². The van der Waals surface area contributed by atoms with Gasteiger partial charge >= 0.3 is 0 Å². The highest BCUT2D eigenvalue weighted by Gasteiger charge is 2.25. The predicted octanol–water partition coefficient (Wildman–Crippen LogP) is 3.46. The summed E-state index contributed by atoms with van der Waals surface area (Å²) in [7, 11) is 0. The van der Waals surface area contributed by atoms with Crippen molar-refractivity contribution in [3.8, 4) is 0 Å². The minimum absolute atomic E-state index is 0.0966. The number of thiocarbonyl (C=S) groups is 1. The fourth-order valence-electron chi connectivity index (χ4n) is 3.90. The van der Waals surface area contributed by atoms with Crippen LogP contribution in [0.2, 0.25) is 0 Å². The molecule has 0 aromatic heterocycles. The molecule has 142 valence electrons. The lowest BCUT2D eigenvalue weighted by Gasteiger charge is -2.36. The Hall–Kier alpha value is -1.69. The number of carbonyl (C=O) groups excluding carboxylic acids is 1. The van der Waals surface area contributed by atoms with Gasteiger partial charge in [0.2, 0.25) is 5.91 Å². The van der Waals surface area contributed by atoms with Gasteiger partial charge in [0, 0.05) is 31.2 Å². The normalized spacial score (nSPS) is 18.0. The number of hydrogen-bond donors (Lipinski definition) is 1. The fourth-order valence-corrected chi connectivity index (χ4v) is 4.19. The van der Waals surface area contributed by atoms with E-state index in [1.165, 1.54) is 25.3 Å². The van der Waals surface area contributed by atoms with Crippen molar-refractivity contribution >= 4 is 23.2 Å². The lowest BCUT2D eigenvalue weighted by atomic mass is 9.94. The summed E-state index contributed by atoms with van der Waals surface area (Å²) in [5.74, 6) is -0.108. The number of hydrogen-bond acceptors (Lipinski definition) is 2. The van der Waals surface area contributed by atoms with E-state index in [1.807, 2.05) is 17.0 Å². The number of amides is 1. The van der Waals surface area contributed by atoms with Gasteiger partial charge in [0.1, 0.15) is 5.82 Å². The Morgan fingerprint density at radius 3 is 2.54 bits per heavy atom. The Balaban J connectivity index is 1.64. The van der Waals surface area contributed by atoms with Crippen LogP contribution in [0.3, 0.4) is 0 Å². The van der Waals surface area contributed by atoms with Crippen molar-refractivity contribution < 1.29 is 9.18 Å². The Kier molecular flexibility index (Phi) is 6.83. The Labute approximate surface area is 160 Å². The molecule has 1 saturated heterocycles. The van der Waals surface area contributed by atoms with Crippen molar-refractivity contribution in [3.63, 3.8) is 0 Å². The monoisotopic (exact) mass is 377 g/mol. The second-order valence-corrected chi connectivity index (χ2v) is 7.64. The maximum Gasteiger partial charge on any atom is 0.241 e. The van der Waals surface area contributed by atoms with E-state index in [4.69, 9.17) is 12.2 Å². The van der Waals surface area contributed by atoms with Gasteiger partial charge in [-0.1, -0.05) is 37.5 Å². The van der Waals surface area contributed by atoms with Crippen LogP contribution in [0.5, 0.6) is 0 Å². The van der Waals surface area contributed by atoms with E-state index in [-0.39, 0.29) is 18.3 Å². The van der Waals surface area contributed by atoms with Gasteiger partial charge in [-0.25, -0.2) is 4.39 Å². The smallest absolute Gasteiger partial charge is 0.241 e. The van der Waals surface area contributed by atoms with E-state index in [1.54, 1.807) is 6.07 Å². The summed E-state index contributed by atoms with van der Waals surface area (Å²) in [5, 5.41) is 3.70. The molecule has 2 aliphatic rings. The summed E-state index contributed by atoms with van der Waals surface area (Å²) >= 11 is 5.61. The molecular weight excluding hydrogens is 349 g/mol. The third-order valence-electron chi connectivity index (χ3n) is 5.42. The maximum atomic E-state index is 14.1. The van der Waals surface area contributed by atoms with Crippen LogP contribution in [0.25, 0.3) is 0 Å². The SMILES string of the molecule is O=C(CNC(=S)N(Cc1ccccc1F)C1CCCCC1)N1CCCC1. The standard InChI is InChI=1S/C20H28FN3OS/c21-18-11-5-4-8-16(18)15-24(17-9-2-1-3-10-17)20(26)22-14-19(25)23-12-6-7-13-23/h4-5,8,11,17H,1-3,6-7,9-10,12-15H2,(H,22,26). The number of halogens is 1. The molecule has 3 rings (SSSR count). The maximum absolute atomic E-state index is 14.1. The zero-order valence-corrected chi connectivity index (χ0v) is 16.1. The van der Waals surface area contributed by atoms with E-state index < -0.39 is 0 Å². The average Bonchev–Trinajstić information content (AvgIpc) is 3.21. The van der Waals surface area contributed by atoms with E-state index in [0.717, 1.165) is 38.8 Å². The molecule has 0 atom stereocenters. The van der Waals surface area contributed by atoms with Crippen molar-refractivity contribution in [1.82, 2.24) is 15.1 Å². The molecule has 1 heterocycles. The van der Waals surface area contributed by atoms with Crippen molar-refractivity contribution in [3.05, 3.63) is 35.6 Å². The zero-order chi connectivity index (χ0) is 18.4. The van der Waals surface area contributed by atoms with E-state index >= 15 is 0 Å². The molecule has 1 N–H and O–H groups in total. The summed E-state index contributed by atoms with van der Waals surface area (Å²) in [6.07, 6.45) is 7.89. The minimum Gasteiger partial charge on any atom is -0.353 e. The molecule has 4 nitrogen and oxygen atoms in total. The van der Waals surface area contributed by atoms with Gasteiger partial charge in [0.25, 0.3) is 0 Å². The van der Waals surface area contributed by atoms with Gasteiger partial charge in [-0.3, -0.25) is 4.79 Å². The van der Waals surface area contributed by atoms with Crippen molar-refractivity contribution in [2.45, 2.75) is 57.5 Å². The van der Waals surface area contributed by atoms with E-state index in [0.29, 0.717) is 23.3 Å². The van der Waals surface area contributed by atoms with Crippen molar-refractivity contribution in [2.75, 3.05) is 19.6 Å². The second kappa shape index (κ2) is 9.31. The van der Waals surface area contributed by atoms with Crippen LogP contribution in [0.1, 0.15) is 50.5 Å². The number of nitrogens with one attached hydrogen (secondary N) is 1. The summed E-state index contributed by atoms with van der Waals surface area (Å²) in [6, 6.07) is 7.16. The Bertz CT molecular complexity index is 627. The molecule has 1 aromatic rings. The van der Waals surface area contributed by atoms with Gasteiger partial charge in [0.05, 0.1) is 6.54 Å².